The summed E-state index contributed by atoms with van der Waals surface area (Å²) < 4.78 is 15.9. The highest BCUT2D eigenvalue weighted by molar-refractivity contribution is 6.01. The van der Waals surface area contributed by atoms with Crippen LogP contribution in [0.1, 0.15) is 126 Å². The molecule has 0 saturated carbocycles. The van der Waals surface area contributed by atoms with E-state index in [1.54, 1.807) is 41.5 Å². The number of hydrogen-bond donors (Lipinski definition) is 5. The zero-order chi connectivity index (χ0) is 41.5. The number of carbonyl (C=O) groups excluding carboxylic acids is 5. The Kier molecular flexibility index (Phi) is 22.0. The van der Waals surface area contributed by atoms with Gasteiger partial charge in [0.05, 0.1) is 0 Å². The summed E-state index contributed by atoms with van der Waals surface area (Å²) in [4.78, 5) is 67.9. The Morgan fingerprint density at radius 3 is 1.67 bits per heavy atom. The van der Waals surface area contributed by atoms with E-state index in [1.165, 1.54) is 5.56 Å². The zero-order valence-electron chi connectivity index (χ0n) is 35.0. The molecule has 0 spiro atoms. The molecule has 0 heterocycles. The minimum atomic E-state index is -0.748. The number of ether oxygens (including phenoxy) is 3. The predicted molar refractivity (Wildman–Crippen MR) is 215 cm³/mol. The SMILES string of the molecule is CC(CCN(CCCCNC(=O)CC(=O)NCCCCCCN=C(NC(=O)OC(C)(C)C)NC(=O)OC(C)(C)C)Cc1ccccc1)NC(=O)OC(C)(C)C. The average molecular weight is 776 g/mol. The summed E-state index contributed by atoms with van der Waals surface area (Å²) in [5.74, 6) is -0.694. The second-order valence-electron chi connectivity index (χ2n) is 16.6. The maximum absolute atomic E-state index is 12.4. The minimum absolute atomic E-state index is 0.0515. The number of hydrogen-bond acceptors (Lipinski definition) is 10. The van der Waals surface area contributed by atoms with Crippen molar-refractivity contribution >= 4 is 36.1 Å². The molecule has 1 atom stereocenters. The van der Waals surface area contributed by atoms with Crippen LogP contribution >= 0.6 is 0 Å². The second-order valence-corrected chi connectivity index (χ2v) is 16.6. The third kappa shape index (κ3) is 28.7. The molecule has 15 heteroatoms. The molecule has 0 aliphatic heterocycles. The van der Waals surface area contributed by atoms with Gasteiger partial charge in [-0.15, -0.1) is 0 Å². The molecule has 5 amide bonds. The van der Waals surface area contributed by atoms with Gasteiger partial charge in [-0.25, -0.2) is 14.4 Å². The van der Waals surface area contributed by atoms with E-state index in [4.69, 9.17) is 14.2 Å². The van der Waals surface area contributed by atoms with Crippen LogP contribution in [0.15, 0.2) is 35.3 Å². The molecule has 0 bridgehead atoms. The standard InChI is InChI=1S/C40H69N7O8/c1-30(44-35(50)53-38(2,3)4)22-27-47(29-31-20-14-13-15-21-31)26-19-18-24-42-33(49)28-32(48)41-23-16-11-12-17-25-43-34(45-36(51)54-39(5,6)7)46-37(52)55-40(8,9)10/h13-15,20-21,30H,11-12,16-19,22-29H2,1-10H3,(H,41,48)(H,42,49)(H,44,50)(H2,43,45,46,51,52). The van der Waals surface area contributed by atoms with Gasteiger partial charge >= 0.3 is 18.3 Å². The van der Waals surface area contributed by atoms with Gasteiger partial charge in [-0.05, 0) is 113 Å². The highest BCUT2D eigenvalue weighted by Crippen LogP contribution is 2.11. The average Bonchev–Trinajstić information content (AvgIpc) is 3.02. The minimum Gasteiger partial charge on any atom is -0.444 e. The van der Waals surface area contributed by atoms with Gasteiger partial charge in [0.1, 0.15) is 23.2 Å². The molecule has 0 radical (unpaired) electrons. The molecular formula is C40H69N7O8. The summed E-state index contributed by atoms with van der Waals surface area (Å²) in [5, 5.41) is 13.5. The lowest BCUT2D eigenvalue weighted by Crippen LogP contribution is -2.47. The Balaban J connectivity index is 2.35. The van der Waals surface area contributed by atoms with Crippen molar-refractivity contribution in [3.8, 4) is 0 Å². The molecule has 0 aliphatic rings. The maximum atomic E-state index is 12.4. The summed E-state index contributed by atoms with van der Waals surface area (Å²) in [5.41, 5.74) is -0.792. The fourth-order valence-electron chi connectivity index (χ4n) is 4.95. The van der Waals surface area contributed by atoms with Crippen LogP contribution in [0, 0.1) is 0 Å². The molecule has 1 unspecified atom stereocenters. The molecule has 5 N–H and O–H groups in total. The quantitative estimate of drug-likeness (QED) is 0.0340. The number of alkyl carbamates (subject to hydrolysis) is 3. The maximum Gasteiger partial charge on any atom is 0.414 e. The Morgan fingerprint density at radius 2 is 1.15 bits per heavy atom. The van der Waals surface area contributed by atoms with Crippen molar-refractivity contribution in [3.05, 3.63) is 35.9 Å². The fourth-order valence-corrected chi connectivity index (χ4v) is 4.95. The summed E-state index contributed by atoms with van der Waals surface area (Å²) in [6.45, 7) is 21.5. The lowest BCUT2D eigenvalue weighted by Gasteiger charge is -2.25. The zero-order valence-corrected chi connectivity index (χ0v) is 35.0. The Labute approximate surface area is 328 Å². The first-order valence-corrected chi connectivity index (χ1v) is 19.4. The van der Waals surface area contributed by atoms with Crippen molar-refractivity contribution in [1.29, 1.82) is 0 Å². The van der Waals surface area contributed by atoms with Crippen LogP contribution in [0.25, 0.3) is 0 Å². The van der Waals surface area contributed by atoms with Crippen molar-refractivity contribution in [3.63, 3.8) is 0 Å². The van der Waals surface area contributed by atoms with Crippen LogP contribution < -0.4 is 26.6 Å². The number of benzene rings is 1. The van der Waals surface area contributed by atoms with E-state index in [2.05, 4.69) is 48.6 Å². The van der Waals surface area contributed by atoms with Crippen LogP contribution in [0.5, 0.6) is 0 Å². The molecule has 0 aliphatic carbocycles. The lowest BCUT2D eigenvalue weighted by atomic mass is 10.1. The first-order valence-electron chi connectivity index (χ1n) is 19.4. The number of guanidine groups is 1. The van der Waals surface area contributed by atoms with Gasteiger partial charge in [-0.1, -0.05) is 43.2 Å². The molecule has 1 aromatic rings. The van der Waals surface area contributed by atoms with Gasteiger partial charge in [0.15, 0.2) is 0 Å². The predicted octanol–water partition coefficient (Wildman–Crippen LogP) is 6.16. The van der Waals surface area contributed by atoms with Gasteiger partial charge in [-0.2, -0.15) is 0 Å². The number of unbranched alkanes of at least 4 members (excludes halogenated alkanes) is 4. The molecule has 0 aromatic heterocycles. The van der Waals surface area contributed by atoms with E-state index in [-0.39, 0.29) is 30.2 Å². The number of carbonyl (C=O) groups is 5. The van der Waals surface area contributed by atoms with Crippen molar-refractivity contribution in [2.75, 3.05) is 32.7 Å². The molecule has 55 heavy (non-hydrogen) atoms. The van der Waals surface area contributed by atoms with E-state index >= 15 is 0 Å². The Bertz CT molecular complexity index is 1320. The van der Waals surface area contributed by atoms with Crippen LogP contribution in [0.2, 0.25) is 0 Å². The number of nitrogens with zero attached hydrogens (tertiary/aromatic N) is 2. The first-order chi connectivity index (χ1) is 25.6. The summed E-state index contributed by atoms with van der Waals surface area (Å²) in [6, 6.07) is 10.2. The smallest absolute Gasteiger partial charge is 0.414 e. The largest absolute Gasteiger partial charge is 0.444 e. The molecule has 1 rings (SSSR count). The van der Waals surface area contributed by atoms with Crippen LogP contribution in [-0.4, -0.2) is 96.5 Å². The normalized spacial score (nSPS) is 12.2. The van der Waals surface area contributed by atoms with Crippen LogP contribution in [-0.2, 0) is 30.3 Å². The summed E-state index contributed by atoms with van der Waals surface area (Å²) in [6.07, 6.45) is 3.27. The summed E-state index contributed by atoms with van der Waals surface area (Å²) >= 11 is 0. The molecule has 15 nitrogen and oxygen atoms in total. The van der Waals surface area contributed by atoms with Crippen LogP contribution in [0.4, 0.5) is 14.4 Å². The van der Waals surface area contributed by atoms with E-state index in [0.717, 1.165) is 58.2 Å². The van der Waals surface area contributed by atoms with E-state index in [1.807, 2.05) is 45.9 Å². The number of rotatable bonds is 20. The van der Waals surface area contributed by atoms with Gasteiger partial charge in [0, 0.05) is 38.8 Å². The Hall–Kier alpha value is -4.40. The molecule has 312 valence electrons. The highest BCUT2D eigenvalue weighted by atomic mass is 16.6. The number of aliphatic imine (C=N–C) groups is 1. The van der Waals surface area contributed by atoms with Crippen molar-refractivity contribution in [2.45, 2.75) is 150 Å². The molecule has 0 saturated heterocycles. The monoisotopic (exact) mass is 776 g/mol. The third-order valence-electron chi connectivity index (χ3n) is 7.35. The third-order valence-corrected chi connectivity index (χ3v) is 7.35. The number of nitrogens with one attached hydrogen (secondary N) is 5. The first kappa shape index (κ1) is 48.6. The van der Waals surface area contributed by atoms with Crippen molar-refractivity contribution < 1.29 is 38.2 Å². The van der Waals surface area contributed by atoms with E-state index in [9.17, 15) is 24.0 Å². The van der Waals surface area contributed by atoms with E-state index in [0.29, 0.717) is 26.1 Å². The van der Waals surface area contributed by atoms with Crippen molar-refractivity contribution in [2.24, 2.45) is 4.99 Å². The van der Waals surface area contributed by atoms with Crippen molar-refractivity contribution in [1.82, 2.24) is 31.5 Å². The second kappa shape index (κ2) is 24.9. The summed E-state index contributed by atoms with van der Waals surface area (Å²) in [7, 11) is 0. The highest BCUT2D eigenvalue weighted by Gasteiger charge is 2.22. The van der Waals surface area contributed by atoms with Gasteiger partial charge in [0.2, 0.25) is 17.8 Å². The number of amides is 5. The van der Waals surface area contributed by atoms with Gasteiger partial charge in [-0.3, -0.25) is 30.1 Å². The lowest BCUT2D eigenvalue weighted by molar-refractivity contribution is -0.129. The topological polar surface area (TPSA) is 189 Å². The Morgan fingerprint density at radius 1 is 0.655 bits per heavy atom. The molecule has 0 fully saturated rings. The molecule has 1 aromatic carbocycles. The molecular weight excluding hydrogens is 706 g/mol. The van der Waals surface area contributed by atoms with Gasteiger partial charge in [0.25, 0.3) is 0 Å². The van der Waals surface area contributed by atoms with Crippen LogP contribution in [0.3, 0.4) is 0 Å². The van der Waals surface area contributed by atoms with E-state index < -0.39 is 35.1 Å². The fraction of sp³-hybridized carbons (Fsp3) is 0.700. The van der Waals surface area contributed by atoms with Gasteiger partial charge < -0.3 is 30.2 Å².